The Labute approximate surface area is 147 Å². The Balaban J connectivity index is 1.82. The first-order valence-corrected chi connectivity index (χ1v) is 7.67. The second-order valence-corrected chi connectivity index (χ2v) is 5.70. The zero-order valence-electron chi connectivity index (χ0n) is 13.9. The van der Waals surface area contributed by atoms with E-state index in [2.05, 4.69) is 4.99 Å². The molecule has 0 aliphatic carbocycles. The highest BCUT2D eigenvalue weighted by molar-refractivity contribution is 6.32. The summed E-state index contributed by atoms with van der Waals surface area (Å²) in [6.45, 7) is 1.69. The summed E-state index contributed by atoms with van der Waals surface area (Å²) < 4.78 is 10.6. The van der Waals surface area contributed by atoms with Gasteiger partial charge in [0, 0.05) is 6.08 Å². The number of ether oxygens (including phenoxy) is 1. The van der Waals surface area contributed by atoms with Gasteiger partial charge in [-0.15, -0.1) is 5.06 Å². The lowest BCUT2D eigenvalue weighted by molar-refractivity contribution is -0.114. The Hall–Kier alpha value is -3.68. The molecule has 2 aromatic rings. The van der Waals surface area contributed by atoms with Crippen LogP contribution < -0.4 is 10.2 Å². The molecule has 0 spiro atoms. The van der Waals surface area contributed by atoms with E-state index in [4.69, 9.17) is 19.4 Å². The first-order valence-electron chi connectivity index (χ1n) is 7.67. The van der Waals surface area contributed by atoms with Gasteiger partial charge in [-0.2, -0.15) is 4.99 Å². The van der Waals surface area contributed by atoms with Gasteiger partial charge in [0.05, 0.1) is 23.6 Å². The van der Waals surface area contributed by atoms with E-state index in [1.807, 2.05) is 0 Å². The van der Waals surface area contributed by atoms with E-state index in [1.165, 1.54) is 19.4 Å². The minimum absolute atomic E-state index is 0.0635. The Bertz CT molecular complexity index is 1120. The van der Waals surface area contributed by atoms with Crippen LogP contribution >= 0.6 is 0 Å². The summed E-state index contributed by atoms with van der Waals surface area (Å²) in [6, 6.07) is 4.87. The minimum atomic E-state index is -0.624. The van der Waals surface area contributed by atoms with Crippen molar-refractivity contribution in [3.63, 3.8) is 0 Å². The van der Waals surface area contributed by atoms with Crippen molar-refractivity contribution in [2.24, 2.45) is 4.99 Å². The molecular formula is C18H13N3O5. The smallest absolute Gasteiger partial charge is 0.282 e. The SMILES string of the molecule is COc1ccc2occ(C=C3C(=N)N4OC(C)=CC4=NC3=O)c(=O)c2c1. The summed E-state index contributed by atoms with van der Waals surface area (Å²) >= 11 is 0. The molecule has 0 fully saturated rings. The summed E-state index contributed by atoms with van der Waals surface area (Å²) in [5, 5.41) is 9.63. The van der Waals surface area contributed by atoms with E-state index in [1.54, 1.807) is 31.2 Å². The van der Waals surface area contributed by atoms with Crippen LogP contribution in [0.1, 0.15) is 12.5 Å². The first kappa shape index (κ1) is 15.8. The van der Waals surface area contributed by atoms with Crippen LogP contribution in [0, 0.1) is 5.41 Å². The van der Waals surface area contributed by atoms with E-state index >= 15 is 0 Å². The Morgan fingerprint density at radius 1 is 1.31 bits per heavy atom. The number of hydrogen-bond donors (Lipinski definition) is 1. The average Bonchev–Trinajstić information content (AvgIpc) is 3.00. The van der Waals surface area contributed by atoms with Gasteiger partial charge < -0.3 is 14.0 Å². The number of rotatable bonds is 2. The zero-order valence-corrected chi connectivity index (χ0v) is 13.9. The van der Waals surface area contributed by atoms with Gasteiger partial charge in [-0.25, -0.2) is 0 Å². The third-order valence-corrected chi connectivity index (χ3v) is 3.99. The molecule has 1 amide bonds. The number of amides is 1. The molecule has 0 saturated heterocycles. The molecule has 3 heterocycles. The number of carbonyl (C=O) groups is 1. The standard InChI is InChI=1S/C18H13N3O5/c1-9-5-15-20-18(23)13(17(19)21(15)26-9)6-10-8-25-14-4-3-11(24-2)7-12(14)16(10)22/h3-8,19H,1-2H3. The molecule has 2 aliphatic heterocycles. The molecule has 0 saturated carbocycles. The molecule has 1 N–H and O–H groups in total. The number of amidine groups is 2. The Morgan fingerprint density at radius 2 is 2.12 bits per heavy atom. The summed E-state index contributed by atoms with van der Waals surface area (Å²) in [6.07, 6.45) is 4.09. The van der Waals surface area contributed by atoms with Gasteiger partial charge in [0.2, 0.25) is 0 Å². The van der Waals surface area contributed by atoms with Crippen molar-refractivity contribution in [2.75, 3.05) is 7.11 Å². The van der Waals surface area contributed by atoms with Crippen molar-refractivity contribution in [2.45, 2.75) is 6.92 Å². The average molecular weight is 351 g/mol. The van der Waals surface area contributed by atoms with Crippen LogP contribution in [0.4, 0.5) is 0 Å². The second-order valence-electron chi connectivity index (χ2n) is 5.70. The topological polar surface area (TPSA) is 105 Å². The number of benzene rings is 1. The molecule has 2 aliphatic rings. The molecule has 26 heavy (non-hydrogen) atoms. The number of allylic oxidation sites excluding steroid dienone is 1. The monoisotopic (exact) mass is 351 g/mol. The van der Waals surface area contributed by atoms with Gasteiger partial charge in [0.25, 0.3) is 5.91 Å². The molecule has 0 radical (unpaired) electrons. The van der Waals surface area contributed by atoms with Gasteiger partial charge in [-0.3, -0.25) is 15.0 Å². The molecular weight excluding hydrogens is 338 g/mol. The van der Waals surface area contributed by atoms with Gasteiger partial charge in [-0.05, 0) is 31.2 Å². The fraction of sp³-hybridized carbons (Fsp3) is 0.111. The van der Waals surface area contributed by atoms with Crippen LogP contribution in [-0.4, -0.2) is 29.8 Å². The first-order chi connectivity index (χ1) is 12.5. The molecule has 130 valence electrons. The maximum absolute atomic E-state index is 12.7. The van der Waals surface area contributed by atoms with Gasteiger partial charge in [0.1, 0.15) is 23.4 Å². The number of nitrogens with zero attached hydrogens (tertiary/aromatic N) is 2. The van der Waals surface area contributed by atoms with E-state index in [-0.39, 0.29) is 28.2 Å². The van der Waals surface area contributed by atoms with Crippen LogP contribution in [0.25, 0.3) is 17.0 Å². The molecule has 8 heteroatoms. The number of hydrogen-bond acceptors (Lipinski definition) is 6. The van der Waals surface area contributed by atoms with E-state index in [0.29, 0.717) is 22.5 Å². The Kier molecular flexibility index (Phi) is 3.47. The summed E-state index contributed by atoms with van der Waals surface area (Å²) in [7, 11) is 1.50. The van der Waals surface area contributed by atoms with Gasteiger partial charge >= 0.3 is 0 Å². The van der Waals surface area contributed by atoms with Crippen LogP contribution in [0.15, 0.2) is 56.1 Å². The highest BCUT2D eigenvalue weighted by Crippen LogP contribution is 2.24. The molecule has 1 aromatic carbocycles. The quantitative estimate of drug-likeness (QED) is 0.832. The number of carbonyl (C=O) groups excluding carboxylic acids is 1. The predicted octanol–water partition coefficient (Wildman–Crippen LogP) is 2.25. The Morgan fingerprint density at radius 3 is 2.88 bits per heavy atom. The van der Waals surface area contributed by atoms with Crippen molar-refractivity contribution in [3.05, 3.63) is 57.7 Å². The lowest BCUT2D eigenvalue weighted by Crippen LogP contribution is -2.38. The van der Waals surface area contributed by atoms with Crippen molar-refractivity contribution < 1.29 is 18.8 Å². The molecule has 8 nitrogen and oxygen atoms in total. The van der Waals surface area contributed by atoms with Crippen LogP contribution in [0.5, 0.6) is 5.75 Å². The predicted molar refractivity (Wildman–Crippen MR) is 93.9 cm³/mol. The molecule has 0 bridgehead atoms. The van der Waals surface area contributed by atoms with Gasteiger partial charge in [-0.1, -0.05) is 0 Å². The van der Waals surface area contributed by atoms with Crippen molar-refractivity contribution >= 4 is 34.6 Å². The van der Waals surface area contributed by atoms with Crippen molar-refractivity contribution in [1.29, 1.82) is 5.41 Å². The largest absolute Gasteiger partial charge is 0.497 e. The molecule has 1 aromatic heterocycles. The molecule has 0 unspecified atom stereocenters. The summed E-state index contributed by atoms with van der Waals surface area (Å²) in [4.78, 5) is 34.2. The molecule has 4 rings (SSSR count). The zero-order chi connectivity index (χ0) is 18.4. The second kappa shape index (κ2) is 5.69. The fourth-order valence-corrected chi connectivity index (χ4v) is 2.71. The summed E-state index contributed by atoms with van der Waals surface area (Å²) in [5.41, 5.74) is 0.114. The number of hydroxylamine groups is 2. The van der Waals surface area contributed by atoms with Crippen LogP contribution in [-0.2, 0) is 9.63 Å². The maximum Gasteiger partial charge on any atom is 0.282 e. The van der Waals surface area contributed by atoms with E-state index in [0.717, 1.165) is 5.06 Å². The number of methoxy groups -OCH3 is 1. The van der Waals surface area contributed by atoms with E-state index < -0.39 is 5.91 Å². The fourth-order valence-electron chi connectivity index (χ4n) is 2.71. The number of fused-ring (bicyclic) bond motifs is 2. The van der Waals surface area contributed by atoms with Gasteiger partial charge in [0.15, 0.2) is 17.1 Å². The highest BCUT2D eigenvalue weighted by Gasteiger charge is 2.34. The third kappa shape index (κ3) is 2.39. The van der Waals surface area contributed by atoms with Crippen LogP contribution in [0.3, 0.4) is 0 Å². The van der Waals surface area contributed by atoms with Crippen molar-refractivity contribution in [3.8, 4) is 5.75 Å². The minimum Gasteiger partial charge on any atom is -0.497 e. The van der Waals surface area contributed by atoms with Crippen LogP contribution in [0.2, 0.25) is 0 Å². The summed E-state index contributed by atoms with van der Waals surface area (Å²) in [5.74, 6) is 0.446. The number of aliphatic imine (C=N–C) groups is 1. The van der Waals surface area contributed by atoms with Crippen molar-refractivity contribution in [1.82, 2.24) is 5.06 Å². The number of nitrogens with one attached hydrogen (secondary N) is 1. The maximum atomic E-state index is 12.7. The lowest BCUT2D eigenvalue weighted by Gasteiger charge is -2.22. The van der Waals surface area contributed by atoms with E-state index in [9.17, 15) is 9.59 Å². The molecule has 0 atom stereocenters. The normalized spacial score (nSPS) is 17.9. The third-order valence-electron chi connectivity index (χ3n) is 3.99. The highest BCUT2D eigenvalue weighted by atomic mass is 16.7. The lowest BCUT2D eigenvalue weighted by atomic mass is 10.1.